The zero-order chi connectivity index (χ0) is 18.7. The van der Waals surface area contributed by atoms with Crippen molar-refractivity contribution in [1.82, 2.24) is 9.80 Å². The molecule has 0 bridgehead atoms. The quantitative estimate of drug-likeness (QED) is 0.740. The Morgan fingerprint density at radius 1 is 1.23 bits per heavy atom. The molecule has 1 aliphatic heterocycles. The fourth-order valence-electron chi connectivity index (χ4n) is 3.18. The Labute approximate surface area is 167 Å². The molecule has 0 aliphatic carbocycles. The SMILES string of the molecule is CN(Cc1ccc(Cl)cc1Cl)C(=O)C1CCN(C(=O)c2cccs2)CC1. The maximum atomic E-state index is 12.7. The lowest BCUT2D eigenvalue weighted by molar-refractivity contribution is -0.136. The van der Waals surface area contributed by atoms with E-state index in [2.05, 4.69) is 0 Å². The van der Waals surface area contributed by atoms with Gasteiger partial charge in [-0.1, -0.05) is 35.3 Å². The highest BCUT2D eigenvalue weighted by molar-refractivity contribution is 7.12. The van der Waals surface area contributed by atoms with Crippen LogP contribution in [0.4, 0.5) is 0 Å². The van der Waals surface area contributed by atoms with Crippen LogP contribution in [0.3, 0.4) is 0 Å². The molecule has 1 aromatic carbocycles. The molecule has 138 valence electrons. The lowest BCUT2D eigenvalue weighted by Gasteiger charge is -2.33. The van der Waals surface area contributed by atoms with Gasteiger partial charge in [0, 0.05) is 42.6 Å². The number of likely N-dealkylation sites (tertiary alicyclic amines) is 1. The van der Waals surface area contributed by atoms with Gasteiger partial charge < -0.3 is 9.80 Å². The number of rotatable bonds is 4. The lowest BCUT2D eigenvalue weighted by Crippen LogP contribution is -2.43. The van der Waals surface area contributed by atoms with Gasteiger partial charge in [0.1, 0.15) is 0 Å². The second-order valence-corrected chi connectivity index (χ2v) is 8.27. The first-order chi connectivity index (χ1) is 12.5. The summed E-state index contributed by atoms with van der Waals surface area (Å²) in [6, 6.07) is 9.02. The Morgan fingerprint density at radius 3 is 2.58 bits per heavy atom. The molecule has 1 aliphatic rings. The van der Waals surface area contributed by atoms with Crippen LogP contribution in [0.1, 0.15) is 28.1 Å². The van der Waals surface area contributed by atoms with Crippen molar-refractivity contribution in [3.05, 3.63) is 56.2 Å². The van der Waals surface area contributed by atoms with E-state index in [0.717, 1.165) is 10.4 Å². The molecule has 0 atom stereocenters. The largest absolute Gasteiger partial charge is 0.341 e. The van der Waals surface area contributed by atoms with E-state index in [1.54, 1.807) is 24.1 Å². The van der Waals surface area contributed by atoms with E-state index in [0.29, 0.717) is 42.5 Å². The third-order valence-corrected chi connectivity index (χ3v) is 6.11. The van der Waals surface area contributed by atoms with Crippen LogP contribution < -0.4 is 0 Å². The molecule has 2 heterocycles. The molecule has 3 rings (SSSR count). The third-order valence-electron chi connectivity index (χ3n) is 4.66. The van der Waals surface area contributed by atoms with Crippen molar-refractivity contribution in [2.45, 2.75) is 19.4 Å². The first-order valence-corrected chi connectivity index (χ1v) is 10.1. The van der Waals surface area contributed by atoms with E-state index in [4.69, 9.17) is 23.2 Å². The van der Waals surface area contributed by atoms with Crippen molar-refractivity contribution in [1.29, 1.82) is 0 Å². The molecule has 0 saturated carbocycles. The minimum Gasteiger partial charge on any atom is -0.341 e. The van der Waals surface area contributed by atoms with Crippen LogP contribution >= 0.6 is 34.5 Å². The maximum Gasteiger partial charge on any atom is 0.263 e. The summed E-state index contributed by atoms with van der Waals surface area (Å²) in [5.41, 5.74) is 0.872. The molecule has 1 fully saturated rings. The van der Waals surface area contributed by atoms with Crippen LogP contribution in [0, 0.1) is 5.92 Å². The number of carbonyl (C=O) groups excluding carboxylic acids is 2. The van der Waals surface area contributed by atoms with Crippen molar-refractivity contribution < 1.29 is 9.59 Å². The molecule has 0 N–H and O–H groups in total. The fourth-order valence-corrected chi connectivity index (χ4v) is 4.34. The summed E-state index contributed by atoms with van der Waals surface area (Å²) in [5.74, 6) is 0.102. The smallest absolute Gasteiger partial charge is 0.263 e. The Kier molecular flexibility index (Phi) is 6.22. The van der Waals surface area contributed by atoms with Crippen LogP contribution in [0.15, 0.2) is 35.7 Å². The van der Waals surface area contributed by atoms with Crippen LogP contribution in [-0.4, -0.2) is 41.8 Å². The highest BCUT2D eigenvalue weighted by Gasteiger charge is 2.29. The van der Waals surface area contributed by atoms with Gasteiger partial charge in [-0.2, -0.15) is 0 Å². The average Bonchev–Trinajstić information content (AvgIpc) is 3.17. The summed E-state index contributed by atoms with van der Waals surface area (Å²) in [6.45, 7) is 1.68. The average molecular weight is 411 g/mol. The molecule has 0 spiro atoms. The van der Waals surface area contributed by atoms with Crippen molar-refractivity contribution in [2.75, 3.05) is 20.1 Å². The van der Waals surface area contributed by atoms with Crippen LogP contribution in [0.25, 0.3) is 0 Å². The molecule has 26 heavy (non-hydrogen) atoms. The number of hydrogen-bond acceptors (Lipinski definition) is 3. The zero-order valence-corrected chi connectivity index (χ0v) is 16.8. The summed E-state index contributed by atoms with van der Waals surface area (Å²) in [5, 5.41) is 3.05. The van der Waals surface area contributed by atoms with E-state index in [-0.39, 0.29) is 17.7 Å². The normalized spacial score (nSPS) is 15.1. The number of halogens is 2. The molecule has 1 aromatic heterocycles. The summed E-state index contributed by atoms with van der Waals surface area (Å²) >= 11 is 13.6. The van der Waals surface area contributed by atoms with Gasteiger partial charge in [0.25, 0.3) is 5.91 Å². The van der Waals surface area contributed by atoms with Crippen molar-refractivity contribution in [3.8, 4) is 0 Å². The number of carbonyl (C=O) groups is 2. The molecular formula is C19H20Cl2N2O2S. The van der Waals surface area contributed by atoms with Gasteiger partial charge in [0.05, 0.1) is 4.88 Å². The van der Waals surface area contributed by atoms with Crippen molar-refractivity contribution in [2.24, 2.45) is 5.92 Å². The number of nitrogens with zero attached hydrogens (tertiary/aromatic N) is 2. The van der Waals surface area contributed by atoms with E-state index in [1.165, 1.54) is 11.3 Å². The van der Waals surface area contributed by atoms with E-state index < -0.39 is 0 Å². The predicted octanol–water partition coefficient (Wildman–Crippen LogP) is 4.57. The highest BCUT2D eigenvalue weighted by atomic mass is 35.5. The van der Waals surface area contributed by atoms with Gasteiger partial charge in [0.15, 0.2) is 0 Å². The monoisotopic (exact) mass is 410 g/mol. The predicted molar refractivity (Wildman–Crippen MR) is 106 cm³/mol. The molecule has 2 amide bonds. The Bertz CT molecular complexity index is 787. The van der Waals surface area contributed by atoms with Crippen LogP contribution in [0.2, 0.25) is 10.0 Å². The topological polar surface area (TPSA) is 40.6 Å². The van der Waals surface area contributed by atoms with Crippen molar-refractivity contribution >= 4 is 46.4 Å². The molecule has 2 aromatic rings. The van der Waals surface area contributed by atoms with Gasteiger partial charge in [0.2, 0.25) is 5.91 Å². The Balaban J connectivity index is 1.55. The number of hydrogen-bond donors (Lipinski definition) is 0. The summed E-state index contributed by atoms with van der Waals surface area (Å²) in [6.07, 6.45) is 1.38. The van der Waals surface area contributed by atoms with E-state index >= 15 is 0 Å². The number of benzene rings is 1. The highest BCUT2D eigenvalue weighted by Crippen LogP contribution is 2.25. The molecule has 1 saturated heterocycles. The second kappa shape index (κ2) is 8.42. The lowest BCUT2D eigenvalue weighted by atomic mass is 9.95. The molecule has 0 unspecified atom stereocenters. The van der Waals surface area contributed by atoms with Crippen LogP contribution in [0.5, 0.6) is 0 Å². The van der Waals surface area contributed by atoms with Gasteiger partial charge in [-0.15, -0.1) is 11.3 Å². The first kappa shape index (κ1) is 19.2. The molecule has 4 nitrogen and oxygen atoms in total. The van der Waals surface area contributed by atoms with Gasteiger partial charge >= 0.3 is 0 Å². The summed E-state index contributed by atoms with van der Waals surface area (Å²) in [4.78, 5) is 29.4. The second-order valence-electron chi connectivity index (χ2n) is 6.47. The Morgan fingerprint density at radius 2 is 1.96 bits per heavy atom. The van der Waals surface area contributed by atoms with E-state index in [9.17, 15) is 9.59 Å². The van der Waals surface area contributed by atoms with Crippen molar-refractivity contribution in [3.63, 3.8) is 0 Å². The first-order valence-electron chi connectivity index (χ1n) is 8.47. The Hall–Kier alpha value is -1.56. The number of piperidine rings is 1. The minimum absolute atomic E-state index is 0.0570. The zero-order valence-electron chi connectivity index (χ0n) is 14.5. The summed E-state index contributed by atoms with van der Waals surface area (Å²) in [7, 11) is 1.79. The standard InChI is InChI=1S/C19H20Cl2N2O2S/c1-22(12-14-4-5-15(20)11-16(14)21)18(24)13-6-8-23(9-7-13)19(25)17-3-2-10-26-17/h2-5,10-11,13H,6-9,12H2,1H3. The molecule has 0 radical (unpaired) electrons. The van der Waals surface area contributed by atoms with Gasteiger partial charge in [-0.25, -0.2) is 0 Å². The molecular weight excluding hydrogens is 391 g/mol. The summed E-state index contributed by atoms with van der Waals surface area (Å²) < 4.78 is 0. The fraction of sp³-hybridized carbons (Fsp3) is 0.368. The van der Waals surface area contributed by atoms with E-state index in [1.807, 2.05) is 28.5 Å². The van der Waals surface area contributed by atoms with Gasteiger partial charge in [-0.05, 0) is 42.0 Å². The van der Waals surface area contributed by atoms with Gasteiger partial charge in [-0.3, -0.25) is 9.59 Å². The third kappa shape index (κ3) is 4.40. The number of thiophene rings is 1. The number of amides is 2. The van der Waals surface area contributed by atoms with Crippen LogP contribution in [-0.2, 0) is 11.3 Å². The maximum absolute atomic E-state index is 12.7. The minimum atomic E-state index is -0.0570. The molecule has 7 heteroatoms.